The van der Waals surface area contributed by atoms with Crippen LogP contribution in [0.15, 0.2) is 18.3 Å². The van der Waals surface area contributed by atoms with Crippen molar-refractivity contribution in [3.8, 4) is 0 Å². The summed E-state index contributed by atoms with van der Waals surface area (Å²) >= 11 is 0. The number of nitrogens with zero attached hydrogens (tertiary/aromatic N) is 3. The predicted octanol–water partition coefficient (Wildman–Crippen LogP) is 2.65. The lowest BCUT2D eigenvalue weighted by atomic mass is 9.87. The van der Waals surface area contributed by atoms with E-state index in [0.29, 0.717) is 0 Å². The molecule has 0 radical (unpaired) electrons. The summed E-state index contributed by atoms with van der Waals surface area (Å²) in [7, 11) is 0. The summed E-state index contributed by atoms with van der Waals surface area (Å²) in [6.07, 6.45) is 4.21. The summed E-state index contributed by atoms with van der Waals surface area (Å²) in [5, 5.41) is 0. The lowest BCUT2D eigenvalue weighted by Crippen LogP contribution is -2.23. The maximum absolute atomic E-state index is 4.69. The first-order chi connectivity index (χ1) is 7.75. The van der Waals surface area contributed by atoms with E-state index < -0.39 is 0 Å². The minimum Gasteiger partial charge on any atom is -0.313 e. The van der Waals surface area contributed by atoms with Crippen molar-refractivity contribution >= 4 is 11.2 Å². The van der Waals surface area contributed by atoms with Gasteiger partial charge in [0.15, 0.2) is 5.65 Å². The Morgan fingerprint density at radius 3 is 3.12 bits per heavy atom. The highest BCUT2D eigenvalue weighted by Gasteiger charge is 2.24. The largest absolute Gasteiger partial charge is 0.313 e. The number of pyridine rings is 1. The Hall–Kier alpha value is -1.38. The Balaban J connectivity index is 2.06. The molecule has 0 spiro atoms. The quantitative estimate of drug-likeness (QED) is 0.732. The minimum atomic E-state index is 0.751. The molecule has 0 fully saturated rings. The van der Waals surface area contributed by atoms with Crippen molar-refractivity contribution in [3.05, 3.63) is 24.2 Å². The third kappa shape index (κ3) is 1.42. The topological polar surface area (TPSA) is 30.7 Å². The van der Waals surface area contributed by atoms with Gasteiger partial charge in [0.25, 0.3) is 0 Å². The van der Waals surface area contributed by atoms with Crippen molar-refractivity contribution in [1.29, 1.82) is 0 Å². The second kappa shape index (κ2) is 3.58. The van der Waals surface area contributed by atoms with Crippen LogP contribution in [0.3, 0.4) is 0 Å². The molecule has 0 aliphatic carbocycles. The monoisotopic (exact) mass is 215 g/mol. The molecule has 1 aliphatic heterocycles. The van der Waals surface area contributed by atoms with Crippen molar-refractivity contribution < 1.29 is 0 Å². The van der Waals surface area contributed by atoms with Gasteiger partial charge in [-0.25, -0.2) is 9.97 Å². The molecule has 2 aromatic rings. The SMILES string of the molecule is CC(C)C1CCn2c(nc3cccnc32)C1. The number of rotatable bonds is 1. The van der Waals surface area contributed by atoms with Gasteiger partial charge in [-0.2, -0.15) is 0 Å². The molecule has 1 aliphatic rings. The Labute approximate surface area is 95.5 Å². The molecule has 0 bridgehead atoms. The maximum Gasteiger partial charge on any atom is 0.159 e. The van der Waals surface area contributed by atoms with Gasteiger partial charge >= 0.3 is 0 Å². The van der Waals surface area contributed by atoms with E-state index in [2.05, 4.69) is 34.4 Å². The van der Waals surface area contributed by atoms with Gasteiger partial charge in [-0.3, -0.25) is 0 Å². The summed E-state index contributed by atoms with van der Waals surface area (Å²) in [6, 6.07) is 4.01. The Bertz CT molecular complexity index is 513. The molecule has 0 aromatic carbocycles. The van der Waals surface area contributed by atoms with Crippen LogP contribution in [0, 0.1) is 11.8 Å². The van der Waals surface area contributed by atoms with Crippen LogP contribution >= 0.6 is 0 Å². The summed E-state index contributed by atoms with van der Waals surface area (Å²) < 4.78 is 2.29. The van der Waals surface area contributed by atoms with E-state index in [1.165, 1.54) is 12.2 Å². The molecular weight excluding hydrogens is 198 g/mol. The third-order valence-corrected chi connectivity index (χ3v) is 3.69. The molecule has 16 heavy (non-hydrogen) atoms. The molecule has 84 valence electrons. The first kappa shape index (κ1) is 9.82. The van der Waals surface area contributed by atoms with Crippen LogP contribution < -0.4 is 0 Å². The van der Waals surface area contributed by atoms with Gasteiger partial charge in [0, 0.05) is 19.2 Å². The van der Waals surface area contributed by atoms with E-state index in [0.717, 1.165) is 36.0 Å². The first-order valence-electron chi connectivity index (χ1n) is 6.06. The molecule has 0 N–H and O–H groups in total. The summed E-state index contributed by atoms with van der Waals surface area (Å²) in [5.74, 6) is 2.75. The maximum atomic E-state index is 4.69. The van der Waals surface area contributed by atoms with Crippen molar-refractivity contribution in [2.45, 2.75) is 33.2 Å². The smallest absolute Gasteiger partial charge is 0.159 e. The third-order valence-electron chi connectivity index (χ3n) is 3.69. The van der Waals surface area contributed by atoms with Crippen LogP contribution in [0.1, 0.15) is 26.1 Å². The highest BCUT2D eigenvalue weighted by atomic mass is 15.1. The summed E-state index contributed by atoms with van der Waals surface area (Å²) in [5.41, 5.74) is 2.10. The van der Waals surface area contributed by atoms with Crippen LogP contribution in [0.5, 0.6) is 0 Å². The molecule has 3 heterocycles. The molecule has 1 unspecified atom stereocenters. The van der Waals surface area contributed by atoms with Crippen molar-refractivity contribution in [1.82, 2.24) is 14.5 Å². The minimum absolute atomic E-state index is 0.751. The van der Waals surface area contributed by atoms with E-state index in [-0.39, 0.29) is 0 Å². The van der Waals surface area contributed by atoms with E-state index in [4.69, 9.17) is 0 Å². The van der Waals surface area contributed by atoms with E-state index >= 15 is 0 Å². The van der Waals surface area contributed by atoms with Crippen LogP contribution in [0.2, 0.25) is 0 Å². The predicted molar refractivity (Wildman–Crippen MR) is 64.2 cm³/mol. The molecular formula is C13H17N3. The second-order valence-corrected chi connectivity index (χ2v) is 5.02. The number of aromatic nitrogens is 3. The van der Waals surface area contributed by atoms with Gasteiger partial charge in [-0.05, 0) is 30.4 Å². The second-order valence-electron chi connectivity index (χ2n) is 5.02. The fraction of sp³-hybridized carbons (Fsp3) is 0.538. The highest BCUT2D eigenvalue weighted by Crippen LogP contribution is 2.28. The molecule has 0 saturated heterocycles. The van der Waals surface area contributed by atoms with Crippen LogP contribution in [0.4, 0.5) is 0 Å². The van der Waals surface area contributed by atoms with Crippen molar-refractivity contribution in [3.63, 3.8) is 0 Å². The number of fused-ring (bicyclic) bond motifs is 3. The normalized spacial score (nSPS) is 20.3. The average molecular weight is 215 g/mol. The first-order valence-corrected chi connectivity index (χ1v) is 6.06. The zero-order valence-corrected chi connectivity index (χ0v) is 9.85. The standard InChI is InChI=1S/C13H17N3/c1-9(2)10-5-7-16-12(8-10)15-11-4-3-6-14-13(11)16/h3-4,6,9-10H,5,7-8H2,1-2H3. The molecule has 3 nitrogen and oxygen atoms in total. The van der Waals surface area contributed by atoms with Crippen LogP contribution in [-0.4, -0.2) is 14.5 Å². The van der Waals surface area contributed by atoms with Crippen LogP contribution in [0.25, 0.3) is 11.2 Å². The Morgan fingerprint density at radius 1 is 1.44 bits per heavy atom. The van der Waals surface area contributed by atoms with Gasteiger partial charge in [-0.1, -0.05) is 13.8 Å². The highest BCUT2D eigenvalue weighted by molar-refractivity contribution is 5.71. The van der Waals surface area contributed by atoms with E-state index in [1.807, 2.05) is 12.3 Å². The Kier molecular flexibility index (Phi) is 2.20. The van der Waals surface area contributed by atoms with Crippen molar-refractivity contribution in [2.24, 2.45) is 11.8 Å². The molecule has 0 saturated carbocycles. The Morgan fingerprint density at radius 2 is 2.31 bits per heavy atom. The molecule has 3 heteroatoms. The van der Waals surface area contributed by atoms with E-state index in [9.17, 15) is 0 Å². The lowest BCUT2D eigenvalue weighted by molar-refractivity contribution is 0.301. The molecule has 3 rings (SSSR count). The van der Waals surface area contributed by atoms with Gasteiger partial charge in [0.1, 0.15) is 11.3 Å². The van der Waals surface area contributed by atoms with Gasteiger partial charge in [-0.15, -0.1) is 0 Å². The fourth-order valence-corrected chi connectivity index (χ4v) is 2.60. The van der Waals surface area contributed by atoms with Crippen molar-refractivity contribution in [2.75, 3.05) is 0 Å². The average Bonchev–Trinajstić information content (AvgIpc) is 2.66. The number of hydrogen-bond acceptors (Lipinski definition) is 2. The molecule has 0 amide bonds. The molecule has 2 aromatic heterocycles. The number of imidazole rings is 1. The summed E-state index contributed by atoms with van der Waals surface area (Å²) in [6.45, 7) is 5.69. The molecule has 1 atom stereocenters. The summed E-state index contributed by atoms with van der Waals surface area (Å²) in [4.78, 5) is 9.11. The lowest BCUT2D eigenvalue weighted by Gasteiger charge is -2.26. The van der Waals surface area contributed by atoms with E-state index in [1.54, 1.807) is 0 Å². The number of hydrogen-bond donors (Lipinski definition) is 0. The zero-order valence-electron chi connectivity index (χ0n) is 9.85. The zero-order chi connectivity index (χ0) is 11.1. The van der Waals surface area contributed by atoms with Gasteiger partial charge in [0.2, 0.25) is 0 Å². The number of aryl methyl sites for hydroxylation is 1. The van der Waals surface area contributed by atoms with Gasteiger partial charge in [0.05, 0.1) is 0 Å². The van der Waals surface area contributed by atoms with Crippen LogP contribution in [-0.2, 0) is 13.0 Å². The van der Waals surface area contributed by atoms with Gasteiger partial charge < -0.3 is 4.57 Å². The fourth-order valence-electron chi connectivity index (χ4n) is 2.60.